The van der Waals surface area contributed by atoms with E-state index < -0.39 is 6.10 Å². The van der Waals surface area contributed by atoms with Gasteiger partial charge in [-0.25, -0.2) is 0 Å². The molecule has 3 heteroatoms. The summed E-state index contributed by atoms with van der Waals surface area (Å²) in [7, 11) is 0. The molecule has 0 radical (unpaired) electrons. The van der Waals surface area contributed by atoms with Gasteiger partial charge in [-0.1, -0.05) is 54.9 Å². The highest BCUT2D eigenvalue weighted by molar-refractivity contribution is 6.32. The summed E-state index contributed by atoms with van der Waals surface area (Å²) in [6.45, 7) is 3.89. The minimum Gasteiger partial charge on any atom is -0.481 e. The molecule has 0 saturated heterocycles. The van der Waals surface area contributed by atoms with E-state index in [0.29, 0.717) is 22.8 Å². The fourth-order valence-electron chi connectivity index (χ4n) is 1.96. The molecule has 0 bridgehead atoms. The molecule has 2 nitrogen and oxygen atoms in total. The number of carbonyl (C=O) groups excluding carboxylic acids is 1. The Morgan fingerprint density at radius 1 is 1.20 bits per heavy atom. The molecule has 0 heterocycles. The van der Waals surface area contributed by atoms with Gasteiger partial charge >= 0.3 is 0 Å². The van der Waals surface area contributed by atoms with Crippen LogP contribution >= 0.6 is 11.6 Å². The minimum atomic E-state index is -0.517. The molecular weight excluding hydrogens is 272 g/mol. The highest BCUT2D eigenvalue weighted by Gasteiger charge is 2.20. The summed E-state index contributed by atoms with van der Waals surface area (Å²) in [5.74, 6) is 0.536. The zero-order valence-corrected chi connectivity index (χ0v) is 12.4. The van der Waals surface area contributed by atoms with Gasteiger partial charge in [-0.05, 0) is 31.0 Å². The molecule has 20 heavy (non-hydrogen) atoms. The number of aryl methyl sites for hydroxylation is 1. The van der Waals surface area contributed by atoms with Gasteiger partial charge in [0, 0.05) is 5.56 Å². The molecule has 0 amide bonds. The standard InChI is InChI=1S/C17H17ClO2/c1-3-15(17(19)13-7-5-4-6-8-13)20-16-11-12(2)9-10-14(16)18/h4-11,15H,3H2,1-2H3. The number of ketones is 1. The second kappa shape index (κ2) is 6.58. The predicted molar refractivity (Wildman–Crippen MR) is 81.7 cm³/mol. The SMILES string of the molecule is CCC(Oc1cc(C)ccc1Cl)C(=O)c1ccccc1. The number of carbonyl (C=O) groups is 1. The Labute approximate surface area is 124 Å². The zero-order valence-electron chi connectivity index (χ0n) is 11.6. The van der Waals surface area contributed by atoms with Crippen LogP contribution in [0.2, 0.25) is 5.02 Å². The average Bonchev–Trinajstić information content (AvgIpc) is 2.48. The molecule has 2 aromatic rings. The molecule has 2 aromatic carbocycles. The maximum Gasteiger partial charge on any atom is 0.203 e. The van der Waals surface area contributed by atoms with E-state index >= 15 is 0 Å². The highest BCUT2D eigenvalue weighted by atomic mass is 35.5. The van der Waals surface area contributed by atoms with E-state index in [4.69, 9.17) is 16.3 Å². The molecule has 0 N–H and O–H groups in total. The van der Waals surface area contributed by atoms with Crippen molar-refractivity contribution in [2.24, 2.45) is 0 Å². The van der Waals surface area contributed by atoms with Gasteiger partial charge in [-0.2, -0.15) is 0 Å². The summed E-state index contributed by atoms with van der Waals surface area (Å²) in [4.78, 5) is 12.4. The summed E-state index contributed by atoms with van der Waals surface area (Å²) in [5.41, 5.74) is 1.70. The van der Waals surface area contributed by atoms with Crippen molar-refractivity contribution in [2.45, 2.75) is 26.4 Å². The fraction of sp³-hybridized carbons (Fsp3) is 0.235. The van der Waals surface area contributed by atoms with Crippen LogP contribution in [0.5, 0.6) is 5.75 Å². The number of rotatable bonds is 5. The summed E-state index contributed by atoms with van der Waals surface area (Å²) >= 11 is 6.11. The molecule has 0 aliphatic heterocycles. The molecule has 0 fully saturated rings. The summed E-state index contributed by atoms with van der Waals surface area (Å²) in [5, 5.41) is 0.523. The quantitative estimate of drug-likeness (QED) is 0.746. The molecule has 1 unspecified atom stereocenters. The first kappa shape index (κ1) is 14.6. The molecule has 1 atom stereocenters. The summed E-state index contributed by atoms with van der Waals surface area (Å²) in [6, 6.07) is 14.7. The zero-order chi connectivity index (χ0) is 14.5. The lowest BCUT2D eigenvalue weighted by molar-refractivity contribution is 0.0786. The number of ether oxygens (including phenoxy) is 1. The molecule has 0 saturated carbocycles. The van der Waals surface area contributed by atoms with Crippen LogP contribution in [0.25, 0.3) is 0 Å². The molecule has 104 valence electrons. The lowest BCUT2D eigenvalue weighted by Crippen LogP contribution is -2.26. The van der Waals surface area contributed by atoms with E-state index in [-0.39, 0.29) is 5.78 Å². The normalized spacial score (nSPS) is 11.9. The fourth-order valence-corrected chi connectivity index (χ4v) is 2.13. The van der Waals surface area contributed by atoms with E-state index in [1.54, 1.807) is 18.2 Å². The van der Waals surface area contributed by atoms with Crippen molar-refractivity contribution in [1.29, 1.82) is 0 Å². The van der Waals surface area contributed by atoms with Crippen molar-refractivity contribution in [1.82, 2.24) is 0 Å². The lowest BCUT2D eigenvalue weighted by Gasteiger charge is -2.17. The van der Waals surface area contributed by atoms with Gasteiger partial charge in [0.05, 0.1) is 5.02 Å². The maximum absolute atomic E-state index is 12.4. The first-order valence-electron chi connectivity index (χ1n) is 6.64. The van der Waals surface area contributed by atoms with Crippen LogP contribution in [0.4, 0.5) is 0 Å². The largest absolute Gasteiger partial charge is 0.481 e. The Kier molecular flexibility index (Phi) is 4.80. The molecule has 0 aliphatic rings. The number of hydrogen-bond acceptors (Lipinski definition) is 2. The van der Waals surface area contributed by atoms with Gasteiger partial charge < -0.3 is 4.74 Å². The van der Waals surface area contributed by atoms with E-state index in [2.05, 4.69) is 0 Å². The van der Waals surface area contributed by atoms with Crippen LogP contribution in [0.1, 0.15) is 29.3 Å². The molecule has 2 rings (SSSR count). The number of benzene rings is 2. The van der Waals surface area contributed by atoms with Crippen LogP contribution in [-0.2, 0) is 0 Å². The van der Waals surface area contributed by atoms with Crippen LogP contribution in [0, 0.1) is 6.92 Å². The smallest absolute Gasteiger partial charge is 0.203 e. The van der Waals surface area contributed by atoms with E-state index in [0.717, 1.165) is 5.56 Å². The second-order valence-corrected chi connectivity index (χ2v) is 5.09. The summed E-state index contributed by atoms with van der Waals surface area (Å²) in [6.07, 6.45) is 0.0783. The van der Waals surface area contributed by atoms with Crippen molar-refractivity contribution in [3.63, 3.8) is 0 Å². The van der Waals surface area contributed by atoms with Gasteiger partial charge in [0.15, 0.2) is 6.10 Å². The Hall–Kier alpha value is -1.80. The second-order valence-electron chi connectivity index (χ2n) is 4.68. The van der Waals surface area contributed by atoms with E-state index in [1.165, 1.54) is 0 Å². The Balaban J connectivity index is 2.21. The van der Waals surface area contributed by atoms with Gasteiger partial charge in [0.1, 0.15) is 5.75 Å². The van der Waals surface area contributed by atoms with E-state index in [1.807, 2.05) is 44.2 Å². The highest BCUT2D eigenvalue weighted by Crippen LogP contribution is 2.27. The van der Waals surface area contributed by atoms with Gasteiger partial charge in [0.25, 0.3) is 0 Å². The molecule has 0 aromatic heterocycles. The maximum atomic E-state index is 12.4. The monoisotopic (exact) mass is 288 g/mol. The Morgan fingerprint density at radius 3 is 2.55 bits per heavy atom. The van der Waals surface area contributed by atoms with Crippen molar-refractivity contribution in [3.05, 3.63) is 64.7 Å². The van der Waals surface area contributed by atoms with Crippen LogP contribution < -0.4 is 4.74 Å². The molecular formula is C17H17ClO2. The van der Waals surface area contributed by atoms with Crippen molar-refractivity contribution in [3.8, 4) is 5.75 Å². The first-order valence-corrected chi connectivity index (χ1v) is 7.01. The average molecular weight is 289 g/mol. The van der Waals surface area contributed by atoms with Crippen molar-refractivity contribution >= 4 is 17.4 Å². The lowest BCUT2D eigenvalue weighted by atomic mass is 10.0. The van der Waals surface area contributed by atoms with Crippen LogP contribution in [0.15, 0.2) is 48.5 Å². The van der Waals surface area contributed by atoms with Crippen molar-refractivity contribution < 1.29 is 9.53 Å². The molecule has 0 spiro atoms. The van der Waals surface area contributed by atoms with Crippen LogP contribution in [-0.4, -0.2) is 11.9 Å². The number of hydrogen-bond donors (Lipinski definition) is 0. The van der Waals surface area contributed by atoms with Crippen molar-refractivity contribution in [2.75, 3.05) is 0 Å². The number of Topliss-reactive ketones (excluding diaryl/α,β-unsaturated/α-hetero) is 1. The third-order valence-electron chi connectivity index (χ3n) is 3.08. The Morgan fingerprint density at radius 2 is 1.90 bits per heavy atom. The van der Waals surface area contributed by atoms with Gasteiger partial charge in [0.2, 0.25) is 5.78 Å². The topological polar surface area (TPSA) is 26.3 Å². The minimum absolute atomic E-state index is 0.0225. The van der Waals surface area contributed by atoms with E-state index in [9.17, 15) is 4.79 Å². The Bertz CT molecular complexity index is 593. The third kappa shape index (κ3) is 3.40. The summed E-state index contributed by atoms with van der Waals surface area (Å²) < 4.78 is 5.81. The molecule has 0 aliphatic carbocycles. The first-order chi connectivity index (χ1) is 9.61. The number of halogens is 1. The van der Waals surface area contributed by atoms with Gasteiger partial charge in [-0.3, -0.25) is 4.79 Å². The predicted octanol–water partition coefficient (Wildman–Crippen LogP) is 4.69. The van der Waals surface area contributed by atoms with Crippen LogP contribution in [0.3, 0.4) is 0 Å². The third-order valence-corrected chi connectivity index (χ3v) is 3.39. The van der Waals surface area contributed by atoms with Gasteiger partial charge in [-0.15, -0.1) is 0 Å².